The van der Waals surface area contributed by atoms with Crippen LogP contribution in [0.25, 0.3) is 0 Å². The van der Waals surface area contributed by atoms with Crippen molar-refractivity contribution in [1.29, 1.82) is 0 Å². The monoisotopic (exact) mass is 198 g/mol. The summed E-state index contributed by atoms with van der Waals surface area (Å²) in [5, 5.41) is 0. The highest BCUT2D eigenvalue weighted by Crippen LogP contribution is 2.16. The van der Waals surface area contributed by atoms with Crippen LogP contribution in [-0.2, 0) is 12.8 Å². The lowest BCUT2D eigenvalue weighted by Gasteiger charge is -2.04. The molecular formula is C11H18O3. The molecule has 1 rings (SSSR count). The molecule has 0 fully saturated rings. The van der Waals surface area contributed by atoms with E-state index in [2.05, 4.69) is 27.7 Å². The van der Waals surface area contributed by atoms with E-state index in [0.717, 1.165) is 24.4 Å². The maximum Gasteiger partial charge on any atom is 0.519 e. The van der Waals surface area contributed by atoms with Gasteiger partial charge < -0.3 is 8.83 Å². The van der Waals surface area contributed by atoms with Crippen molar-refractivity contribution in [3.05, 3.63) is 22.1 Å². The molecule has 1 heterocycles. The Morgan fingerprint density at radius 3 is 1.57 bits per heavy atom. The van der Waals surface area contributed by atoms with Gasteiger partial charge in [0.05, 0.1) is 0 Å². The van der Waals surface area contributed by atoms with Crippen LogP contribution in [0.4, 0.5) is 0 Å². The minimum atomic E-state index is -0.573. The van der Waals surface area contributed by atoms with Crippen LogP contribution in [0, 0.1) is 11.8 Å². The minimum absolute atomic E-state index is 0.474. The van der Waals surface area contributed by atoms with Crippen molar-refractivity contribution < 1.29 is 8.83 Å². The predicted molar refractivity (Wildman–Crippen MR) is 54.3 cm³/mol. The fourth-order valence-electron chi connectivity index (χ4n) is 1.39. The molecular weight excluding hydrogens is 180 g/mol. The molecule has 3 heteroatoms. The Morgan fingerprint density at radius 2 is 1.29 bits per heavy atom. The molecule has 0 amide bonds. The van der Waals surface area contributed by atoms with Crippen LogP contribution in [0.3, 0.4) is 0 Å². The summed E-state index contributed by atoms with van der Waals surface area (Å²) in [6.45, 7) is 8.36. The maximum atomic E-state index is 10.9. The Morgan fingerprint density at radius 1 is 0.929 bits per heavy atom. The van der Waals surface area contributed by atoms with Crippen LogP contribution in [0.1, 0.15) is 39.2 Å². The summed E-state index contributed by atoms with van der Waals surface area (Å²) < 4.78 is 10.0. The fraction of sp³-hybridized carbons (Fsp3) is 0.727. The molecule has 80 valence electrons. The SMILES string of the molecule is CC(C)Cc1oc(=O)oc1CC(C)C. The summed E-state index contributed by atoms with van der Waals surface area (Å²) in [4.78, 5) is 10.9. The van der Waals surface area contributed by atoms with E-state index in [1.54, 1.807) is 0 Å². The third-order valence-electron chi connectivity index (χ3n) is 1.91. The van der Waals surface area contributed by atoms with Gasteiger partial charge in [0.25, 0.3) is 0 Å². The Kier molecular flexibility index (Phi) is 3.55. The van der Waals surface area contributed by atoms with Crippen molar-refractivity contribution >= 4 is 0 Å². The lowest BCUT2D eigenvalue weighted by Crippen LogP contribution is -1.99. The van der Waals surface area contributed by atoms with Gasteiger partial charge >= 0.3 is 5.82 Å². The van der Waals surface area contributed by atoms with Crippen LogP contribution in [-0.4, -0.2) is 0 Å². The Balaban J connectivity index is 2.85. The average Bonchev–Trinajstić information content (AvgIpc) is 2.28. The van der Waals surface area contributed by atoms with Gasteiger partial charge in [-0.05, 0) is 11.8 Å². The van der Waals surface area contributed by atoms with Gasteiger partial charge in [-0.15, -0.1) is 0 Å². The first kappa shape index (κ1) is 11.1. The van der Waals surface area contributed by atoms with E-state index in [4.69, 9.17) is 8.83 Å². The first-order chi connectivity index (χ1) is 6.49. The Hall–Kier alpha value is -0.990. The zero-order chi connectivity index (χ0) is 10.7. The molecule has 0 aliphatic heterocycles. The molecule has 0 spiro atoms. The quantitative estimate of drug-likeness (QED) is 0.747. The highest BCUT2D eigenvalue weighted by atomic mass is 16.6. The van der Waals surface area contributed by atoms with E-state index >= 15 is 0 Å². The normalized spacial score (nSPS) is 11.6. The molecule has 1 aromatic rings. The highest BCUT2D eigenvalue weighted by molar-refractivity contribution is 5.04. The zero-order valence-corrected chi connectivity index (χ0v) is 9.29. The van der Waals surface area contributed by atoms with Crippen LogP contribution < -0.4 is 5.82 Å². The van der Waals surface area contributed by atoms with Gasteiger partial charge in [-0.25, -0.2) is 4.79 Å². The van der Waals surface area contributed by atoms with E-state index < -0.39 is 5.82 Å². The zero-order valence-electron chi connectivity index (χ0n) is 9.29. The van der Waals surface area contributed by atoms with Crippen LogP contribution in [0.5, 0.6) is 0 Å². The van der Waals surface area contributed by atoms with E-state index in [9.17, 15) is 4.79 Å². The van der Waals surface area contributed by atoms with Gasteiger partial charge in [0.2, 0.25) is 0 Å². The number of hydrogen-bond acceptors (Lipinski definition) is 3. The van der Waals surface area contributed by atoms with Crippen LogP contribution >= 0.6 is 0 Å². The van der Waals surface area contributed by atoms with Crippen molar-refractivity contribution in [1.82, 2.24) is 0 Å². The molecule has 0 N–H and O–H groups in total. The van der Waals surface area contributed by atoms with Crippen LogP contribution in [0.15, 0.2) is 13.6 Å². The van der Waals surface area contributed by atoms with Gasteiger partial charge in [-0.2, -0.15) is 0 Å². The van der Waals surface area contributed by atoms with E-state index in [0.29, 0.717) is 11.8 Å². The summed E-state index contributed by atoms with van der Waals surface area (Å²) in [6, 6.07) is 0. The first-order valence-electron chi connectivity index (χ1n) is 5.10. The molecule has 1 aromatic heterocycles. The number of hydrogen-bond donors (Lipinski definition) is 0. The van der Waals surface area contributed by atoms with Crippen molar-refractivity contribution in [3.8, 4) is 0 Å². The minimum Gasteiger partial charge on any atom is -0.396 e. The molecule has 0 bridgehead atoms. The Bertz CT molecular complexity index is 300. The van der Waals surface area contributed by atoms with Gasteiger partial charge in [0.1, 0.15) is 11.5 Å². The standard InChI is InChI=1S/C11H18O3/c1-7(2)5-9-10(6-8(3)4)14-11(12)13-9/h7-8H,5-6H2,1-4H3. The molecule has 0 atom stereocenters. The molecule has 14 heavy (non-hydrogen) atoms. The highest BCUT2D eigenvalue weighted by Gasteiger charge is 2.14. The third kappa shape index (κ3) is 3.05. The fourth-order valence-corrected chi connectivity index (χ4v) is 1.39. The molecule has 0 radical (unpaired) electrons. The number of rotatable bonds is 4. The molecule has 0 unspecified atom stereocenters. The smallest absolute Gasteiger partial charge is 0.396 e. The van der Waals surface area contributed by atoms with Crippen molar-refractivity contribution in [2.45, 2.75) is 40.5 Å². The molecule has 0 saturated heterocycles. The third-order valence-corrected chi connectivity index (χ3v) is 1.91. The first-order valence-corrected chi connectivity index (χ1v) is 5.10. The molecule has 3 nitrogen and oxygen atoms in total. The second-order valence-corrected chi connectivity index (χ2v) is 4.50. The van der Waals surface area contributed by atoms with Crippen molar-refractivity contribution in [3.63, 3.8) is 0 Å². The average molecular weight is 198 g/mol. The second kappa shape index (κ2) is 4.49. The van der Waals surface area contributed by atoms with E-state index in [-0.39, 0.29) is 0 Å². The maximum absolute atomic E-state index is 10.9. The van der Waals surface area contributed by atoms with E-state index in [1.807, 2.05) is 0 Å². The molecule has 0 aromatic carbocycles. The Labute approximate surface area is 84.1 Å². The van der Waals surface area contributed by atoms with Gasteiger partial charge in [0, 0.05) is 12.8 Å². The van der Waals surface area contributed by atoms with Crippen molar-refractivity contribution in [2.24, 2.45) is 11.8 Å². The van der Waals surface area contributed by atoms with Crippen molar-refractivity contribution in [2.75, 3.05) is 0 Å². The van der Waals surface area contributed by atoms with Gasteiger partial charge in [-0.1, -0.05) is 27.7 Å². The summed E-state index contributed by atoms with van der Waals surface area (Å²) in [6.07, 6.45) is 1.54. The molecule has 0 aliphatic rings. The van der Waals surface area contributed by atoms with Gasteiger partial charge in [0.15, 0.2) is 0 Å². The van der Waals surface area contributed by atoms with E-state index in [1.165, 1.54) is 0 Å². The molecule has 0 aliphatic carbocycles. The largest absolute Gasteiger partial charge is 0.519 e. The molecule has 0 saturated carbocycles. The summed E-state index contributed by atoms with van der Waals surface area (Å²) in [7, 11) is 0. The van der Waals surface area contributed by atoms with Gasteiger partial charge in [-0.3, -0.25) is 0 Å². The lowest BCUT2D eigenvalue weighted by molar-refractivity contribution is 0.358. The summed E-state index contributed by atoms with van der Waals surface area (Å²) in [5.41, 5.74) is 0. The predicted octanol–water partition coefficient (Wildman–Crippen LogP) is 2.63. The topological polar surface area (TPSA) is 43.4 Å². The van der Waals surface area contributed by atoms with Crippen LogP contribution in [0.2, 0.25) is 0 Å². The summed E-state index contributed by atoms with van der Waals surface area (Å²) in [5.74, 6) is 1.82. The summed E-state index contributed by atoms with van der Waals surface area (Å²) >= 11 is 0. The lowest BCUT2D eigenvalue weighted by atomic mass is 10.0. The second-order valence-electron chi connectivity index (χ2n) is 4.50.